The standard InChI is InChI=1S/C31H23Cl4F3O3P2/c32-20-13-22-23-14-21(33)16-25(35)30(23)41-43(40-29(22)24(34)15-20)39-28(31(36,37)38)17-42-26(18-7-3-1-4-8-18)11-12-27(42)19-9-5-2-6-10-19/h1-10,13-16,26-28H,11-12,17H2/t26-,27-,28+/m1/s1. The molecule has 0 aliphatic carbocycles. The molecule has 1 saturated heterocycles. The number of benzene rings is 4. The summed E-state index contributed by atoms with van der Waals surface area (Å²) in [7, 11) is -3.87. The van der Waals surface area contributed by atoms with Gasteiger partial charge in [-0.3, -0.25) is 4.52 Å². The van der Waals surface area contributed by atoms with Crippen LogP contribution in [0.25, 0.3) is 21.9 Å². The minimum Gasteiger partial charge on any atom is -0.397 e. The minimum absolute atomic E-state index is 0.0202. The first-order chi connectivity index (χ1) is 20.6. The zero-order valence-corrected chi connectivity index (χ0v) is 27.0. The highest BCUT2D eigenvalue weighted by Gasteiger charge is 2.48. The molecule has 2 heterocycles. The predicted molar refractivity (Wildman–Crippen MR) is 172 cm³/mol. The summed E-state index contributed by atoms with van der Waals surface area (Å²) in [6.07, 6.45) is -5.52. The third-order valence-electron chi connectivity index (χ3n) is 7.48. The van der Waals surface area contributed by atoms with Gasteiger partial charge in [-0.1, -0.05) is 115 Å². The van der Waals surface area contributed by atoms with Crippen LogP contribution in [0.1, 0.15) is 35.3 Å². The SMILES string of the molecule is FC(F)(F)[C@H](CP1[C@@H](c2ccccc2)CC[C@@H]1c1ccccc1)Op1oc2c(Cl)cc(Cl)cc2c2cc(Cl)cc(Cl)c2o1. The van der Waals surface area contributed by atoms with Gasteiger partial charge in [0.15, 0.2) is 17.3 Å². The van der Waals surface area contributed by atoms with E-state index < -0.39 is 28.4 Å². The van der Waals surface area contributed by atoms with Crippen molar-refractivity contribution in [1.82, 2.24) is 0 Å². The van der Waals surface area contributed by atoms with E-state index >= 15 is 0 Å². The Balaban J connectivity index is 1.46. The first-order valence-corrected chi connectivity index (χ1v) is 17.6. The van der Waals surface area contributed by atoms with E-state index in [1.54, 1.807) is 12.1 Å². The molecule has 3 nitrogen and oxygen atoms in total. The number of halogens is 7. The maximum absolute atomic E-state index is 14.8. The van der Waals surface area contributed by atoms with Crippen molar-refractivity contribution in [3.05, 3.63) is 116 Å². The molecule has 4 aromatic carbocycles. The highest BCUT2D eigenvalue weighted by Crippen LogP contribution is 2.71. The second-order valence-corrected chi connectivity index (χ2v) is 15.5. The molecule has 0 saturated carbocycles. The van der Waals surface area contributed by atoms with Crippen LogP contribution in [0.5, 0.6) is 0 Å². The molecule has 0 unspecified atom stereocenters. The molecule has 224 valence electrons. The molecule has 6 rings (SSSR count). The van der Waals surface area contributed by atoms with Gasteiger partial charge in [0, 0.05) is 38.3 Å². The summed E-state index contributed by atoms with van der Waals surface area (Å²) in [4.78, 5) is 0. The molecule has 3 atom stereocenters. The van der Waals surface area contributed by atoms with Crippen LogP contribution >= 0.6 is 62.6 Å². The molecule has 0 radical (unpaired) electrons. The van der Waals surface area contributed by atoms with Gasteiger partial charge in [-0.05, 0) is 48.2 Å². The number of rotatable bonds is 6. The van der Waals surface area contributed by atoms with E-state index in [0.717, 1.165) is 24.0 Å². The highest BCUT2D eigenvalue weighted by molar-refractivity contribution is 7.58. The fourth-order valence-corrected chi connectivity index (χ4v) is 11.8. The topological polar surface area (TPSA) is 35.5 Å². The van der Waals surface area contributed by atoms with Gasteiger partial charge in [0.1, 0.15) is 0 Å². The van der Waals surface area contributed by atoms with Crippen molar-refractivity contribution in [2.45, 2.75) is 36.4 Å². The maximum atomic E-state index is 14.8. The molecule has 1 aromatic heterocycles. The van der Waals surface area contributed by atoms with Crippen LogP contribution in [-0.2, 0) is 0 Å². The zero-order valence-electron chi connectivity index (χ0n) is 22.2. The molecule has 0 bridgehead atoms. The average molecular weight is 704 g/mol. The summed E-state index contributed by atoms with van der Waals surface area (Å²) in [5.41, 5.74) is 2.19. The Morgan fingerprint density at radius 3 is 1.58 bits per heavy atom. The molecule has 0 amide bonds. The molecular formula is C31H23Cl4F3O3P2. The van der Waals surface area contributed by atoms with Crippen LogP contribution < -0.4 is 4.52 Å². The van der Waals surface area contributed by atoms with E-state index in [0.29, 0.717) is 10.8 Å². The summed E-state index contributed by atoms with van der Waals surface area (Å²) in [6, 6.07) is 25.5. The Labute approximate surface area is 268 Å². The Morgan fingerprint density at radius 1 is 0.721 bits per heavy atom. The highest BCUT2D eigenvalue weighted by atomic mass is 35.5. The van der Waals surface area contributed by atoms with E-state index in [1.165, 1.54) is 12.1 Å². The lowest BCUT2D eigenvalue weighted by atomic mass is 10.0. The van der Waals surface area contributed by atoms with Crippen LogP contribution in [0.3, 0.4) is 0 Å². The molecule has 5 aromatic rings. The van der Waals surface area contributed by atoms with Crippen molar-refractivity contribution in [2.75, 3.05) is 6.16 Å². The van der Waals surface area contributed by atoms with E-state index in [9.17, 15) is 13.2 Å². The van der Waals surface area contributed by atoms with Gasteiger partial charge in [-0.25, -0.2) is 0 Å². The van der Waals surface area contributed by atoms with Crippen LogP contribution in [0.2, 0.25) is 20.1 Å². The molecule has 1 aliphatic heterocycles. The third kappa shape index (κ3) is 6.72. The van der Waals surface area contributed by atoms with Crippen LogP contribution in [0.15, 0.2) is 93.3 Å². The monoisotopic (exact) mass is 702 g/mol. The number of alkyl halides is 3. The molecule has 0 N–H and O–H groups in total. The normalized spacial score (nSPS) is 18.4. The lowest BCUT2D eigenvalue weighted by Gasteiger charge is -2.30. The van der Waals surface area contributed by atoms with Crippen molar-refractivity contribution in [3.8, 4) is 0 Å². The van der Waals surface area contributed by atoms with Gasteiger partial charge in [0.25, 0.3) is 0 Å². The van der Waals surface area contributed by atoms with Crippen molar-refractivity contribution in [2.24, 2.45) is 0 Å². The van der Waals surface area contributed by atoms with Gasteiger partial charge in [0.2, 0.25) is 0 Å². The summed E-state index contributed by atoms with van der Waals surface area (Å²) in [5, 5.41) is 1.51. The molecule has 1 aliphatic rings. The fraction of sp³-hybridized carbons (Fsp3) is 0.226. The zero-order chi connectivity index (χ0) is 30.3. The summed E-state index contributed by atoms with van der Waals surface area (Å²) in [6.45, 7) is 0. The van der Waals surface area contributed by atoms with Crippen molar-refractivity contribution in [1.29, 1.82) is 0 Å². The second-order valence-electron chi connectivity index (χ2n) is 10.2. The van der Waals surface area contributed by atoms with Crippen molar-refractivity contribution >= 4 is 84.5 Å². The molecule has 12 heteroatoms. The van der Waals surface area contributed by atoms with Gasteiger partial charge in [-0.15, -0.1) is 0 Å². The van der Waals surface area contributed by atoms with Crippen molar-refractivity contribution in [3.63, 3.8) is 0 Å². The van der Waals surface area contributed by atoms with E-state index in [-0.39, 0.29) is 48.7 Å². The van der Waals surface area contributed by atoms with E-state index in [2.05, 4.69) is 0 Å². The second kappa shape index (κ2) is 12.9. The van der Waals surface area contributed by atoms with Gasteiger partial charge >= 0.3 is 14.4 Å². The number of hydrogen-bond acceptors (Lipinski definition) is 3. The maximum Gasteiger partial charge on any atom is 0.416 e. The average Bonchev–Trinajstić information content (AvgIpc) is 3.31. The third-order valence-corrected chi connectivity index (χ3v) is 13.0. The van der Waals surface area contributed by atoms with Crippen LogP contribution in [-0.4, -0.2) is 18.4 Å². The smallest absolute Gasteiger partial charge is 0.397 e. The Hall–Kier alpha value is -1.88. The molecule has 0 spiro atoms. The van der Waals surface area contributed by atoms with E-state index in [4.69, 9.17) is 59.3 Å². The fourth-order valence-electron chi connectivity index (χ4n) is 5.59. The first kappa shape index (κ1) is 31.1. The lowest BCUT2D eigenvalue weighted by Crippen LogP contribution is -2.36. The van der Waals surface area contributed by atoms with Gasteiger partial charge in [-0.2, -0.15) is 13.2 Å². The van der Waals surface area contributed by atoms with Crippen molar-refractivity contribution < 1.29 is 26.1 Å². The Bertz CT molecular complexity index is 1690. The number of fused-ring (bicyclic) bond motifs is 3. The number of hydrogen-bond donors (Lipinski definition) is 0. The van der Waals surface area contributed by atoms with Crippen LogP contribution in [0, 0.1) is 0 Å². The Kier molecular flexibility index (Phi) is 9.30. The largest absolute Gasteiger partial charge is 0.416 e. The summed E-state index contributed by atoms with van der Waals surface area (Å²) < 4.78 is 62.2. The van der Waals surface area contributed by atoms with E-state index in [1.807, 2.05) is 60.7 Å². The quantitative estimate of drug-likeness (QED) is 0.165. The summed E-state index contributed by atoms with van der Waals surface area (Å²) >= 11 is 25.5. The van der Waals surface area contributed by atoms with Crippen LogP contribution in [0.4, 0.5) is 13.2 Å². The summed E-state index contributed by atoms with van der Waals surface area (Å²) in [5.74, 6) is 0. The molecule has 1 fully saturated rings. The predicted octanol–water partition coefficient (Wildman–Crippen LogP) is 13.0. The molecule has 43 heavy (non-hydrogen) atoms. The van der Waals surface area contributed by atoms with Gasteiger partial charge < -0.3 is 8.39 Å². The van der Waals surface area contributed by atoms with Gasteiger partial charge in [0.05, 0.1) is 10.0 Å². The molecular weight excluding hydrogens is 681 g/mol. The Morgan fingerprint density at radius 2 is 1.16 bits per heavy atom. The minimum atomic E-state index is -4.70. The lowest BCUT2D eigenvalue weighted by molar-refractivity contribution is -0.179. The first-order valence-electron chi connectivity index (χ1n) is 13.3.